The molecule has 4 aliphatic rings. The number of piperazine rings is 1. The Kier molecular flexibility index (Phi) is 13.0. The van der Waals surface area contributed by atoms with Gasteiger partial charge in [0.05, 0.1) is 37.3 Å². The Morgan fingerprint density at radius 1 is 1.10 bits per heavy atom. The lowest BCUT2D eigenvalue weighted by molar-refractivity contribution is -0.155. The van der Waals surface area contributed by atoms with E-state index in [1.165, 1.54) is 18.1 Å². The molecule has 0 spiro atoms. The zero-order valence-corrected chi connectivity index (χ0v) is 34.7. The number of methoxy groups -OCH3 is 1. The number of hydrogen-bond donors (Lipinski definition) is 4. The lowest BCUT2D eigenvalue weighted by Gasteiger charge is -2.61. The van der Waals surface area contributed by atoms with Crippen molar-refractivity contribution in [2.24, 2.45) is 0 Å². The van der Waals surface area contributed by atoms with Gasteiger partial charge in [-0.1, -0.05) is 66.2 Å². The predicted octanol–water partition coefficient (Wildman–Crippen LogP) is 5.20. The van der Waals surface area contributed by atoms with Gasteiger partial charge in [-0.2, -0.15) is 17.9 Å². The molecular formula is C38H41Cl3N4O12S. The van der Waals surface area contributed by atoms with Crippen LogP contribution < -0.4 is 24.3 Å². The summed E-state index contributed by atoms with van der Waals surface area (Å²) >= 11 is 21.3. The van der Waals surface area contributed by atoms with E-state index in [2.05, 4.69) is 37.2 Å². The van der Waals surface area contributed by atoms with E-state index in [4.69, 9.17) is 68.0 Å². The standard InChI is InChI=1S/C38H41Cl3N4O12S/c1-6-8-52-33-24-19(10-17(3)31(33)51-5)11-21-22(12-42)44-23(13-54-35(48)20(14-58)43-36(49)55-15-38(39,40)41)25-26(29(46)18(4)32-34(25)57-16-56-32)30(47)28(44)27(24)45(21)37(50)53-9-7-2/h6-7,10,20-23,27-28,30,46-47,58H,1-2,8-9,11,13-16H2,3-5H3,(H,43,49)/t20-,21+,22+,23+,27?,28-,30+/m1/s1. The number of aliphatic hydroxyl groups is 1. The van der Waals surface area contributed by atoms with Gasteiger partial charge in [-0.15, -0.1) is 0 Å². The molecule has 1 saturated heterocycles. The van der Waals surface area contributed by atoms with E-state index >= 15 is 0 Å². The average Bonchev–Trinajstić information content (AvgIpc) is 3.68. The van der Waals surface area contributed by atoms with Crippen LogP contribution in [0.2, 0.25) is 0 Å². The number of esters is 1. The molecule has 1 unspecified atom stereocenters. The van der Waals surface area contributed by atoms with Gasteiger partial charge in [-0.05, 0) is 31.4 Å². The summed E-state index contributed by atoms with van der Waals surface area (Å²) in [4.78, 5) is 43.5. The number of aliphatic hydroxyl groups excluding tert-OH is 1. The maximum absolute atomic E-state index is 14.2. The van der Waals surface area contributed by atoms with E-state index in [-0.39, 0.29) is 71.9 Å². The van der Waals surface area contributed by atoms with E-state index in [0.29, 0.717) is 11.3 Å². The summed E-state index contributed by atoms with van der Waals surface area (Å²) in [6, 6.07) is -2.75. The van der Waals surface area contributed by atoms with E-state index in [1.54, 1.807) is 17.9 Å². The number of amides is 2. The molecular weight excluding hydrogens is 843 g/mol. The molecule has 0 saturated carbocycles. The first-order chi connectivity index (χ1) is 27.6. The second kappa shape index (κ2) is 17.4. The van der Waals surface area contributed by atoms with Crippen LogP contribution in [0.5, 0.6) is 28.7 Å². The number of rotatable bonds is 12. The molecule has 3 N–H and O–H groups in total. The van der Waals surface area contributed by atoms with Crippen LogP contribution in [0, 0.1) is 25.2 Å². The van der Waals surface area contributed by atoms with Crippen molar-refractivity contribution in [3.8, 4) is 34.8 Å². The first kappa shape index (κ1) is 43.1. The van der Waals surface area contributed by atoms with Gasteiger partial charge in [0.25, 0.3) is 0 Å². The van der Waals surface area contributed by atoms with Gasteiger partial charge in [0.15, 0.2) is 23.0 Å². The number of alkyl halides is 3. The van der Waals surface area contributed by atoms with Crippen LogP contribution in [0.15, 0.2) is 31.4 Å². The zero-order valence-electron chi connectivity index (χ0n) is 31.5. The maximum Gasteiger partial charge on any atom is 0.411 e. The minimum atomic E-state index is -1.91. The molecule has 20 heteroatoms. The highest BCUT2D eigenvalue weighted by molar-refractivity contribution is 7.80. The van der Waals surface area contributed by atoms with E-state index in [1.807, 2.05) is 13.0 Å². The summed E-state index contributed by atoms with van der Waals surface area (Å²) in [5, 5.41) is 38.0. The highest BCUT2D eigenvalue weighted by Gasteiger charge is 2.62. The number of carbonyl (C=O) groups is 3. The molecule has 58 heavy (non-hydrogen) atoms. The van der Waals surface area contributed by atoms with E-state index < -0.39 is 77.5 Å². The fraction of sp³-hybridized carbons (Fsp3) is 0.474. The Morgan fingerprint density at radius 3 is 2.45 bits per heavy atom. The average molecular weight is 884 g/mol. The SMILES string of the molecule is C=CCOC(=O)N1C2c3c(cc(C)c(OC)c3OCC=C)C[C@H]1[C@H](C#N)N1[C@H]2[C@@H](O)c2c(O)c(C)c3c(c2[C@@H]1COC(=O)[C@@H](CS)NC(=O)OCC(Cl)(Cl)Cl)OCO3. The highest BCUT2D eigenvalue weighted by atomic mass is 35.6. The minimum absolute atomic E-state index is 0.00230. The van der Waals surface area contributed by atoms with Crippen LogP contribution in [-0.4, -0.2) is 112 Å². The number of thiol groups is 1. The Morgan fingerprint density at radius 2 is 1.81 bits per heavy atom. The summed E-state index contributed by atoms with van der Waals surface area (Å²) < 4.78 is 38.3. The molecule has 2 amide bonds. The number of nitrogens with zero attached hydrogens (tertiary/aromatic N) is 3. The van der Waals surface area contributed by atoms with Crippen molar-refractivity contribution in [3.63, 3.8) is 0 Å². The summed E-state index contributed by atoms with van der Waals surface area (Å²) in [7, 11) is 1.48. The van der Waals surface area contributed by atoms with Crippen LogP contribution in [-0.2, 0) is 25.4 Å². The fourth-order valence-corrected chi connectivity index (χ4v) is 8.66. The molecule has 312 valence electrons. The first-order valence-corrected chi connectivity index (χ1v) is 19.7. The molecule has 7 atom stereocenters. The first-order valence-electron chi connectivity index (χ1n) is 17.9. The largest absolute Gasteiger partial charge is 0.507 e. The molecule has 1 fully saturated rings. The van der Waals surface area contributed by atoms with Crippen molar-refractivity contribution in [1.29, 1.82) is 5.26 Å². The Labute approximate surface area is 354 Å². The monoisotopic (exact) mass is 882 g/mol. The van der Waals surface area contributed by atoms with Crippen LogP contribution >= 0.6 is 47.4 Å². The fourth-order valence-electron chi connectivity index (χ4n) is 8.25. The van der Waals surface area contributed by atoms with Gasteiger partial charge in [0.2, 0.25) is 10.6 Å². The molecule has 0 radical (unpaired) electrons. The van der Waals surface area contributed by atoms with Crippen LogP contribution in [0.4, 0.5) is 9.59 Å². The topological polar surface area (TPSA) is 199 Å². The number of phenols is 1. The molecule has 4 aliphatic heterocycles. The summed E-state index contributed by atoms with van der Waals surface area (Å²) in [5.74, 6) is -0.551. The van der Waals surface area contributed by atoms with Gasteiger partial charge in [-0.3, -0.25) is 9.80 Å². The van der Waals surface area contributed by atoms with Crippen molar-refractivity contribution >= 4 is 65.6 Å². The Balaban J connectivity index is 1.53. The third-order valence-corrected chi connectivity index (χ3v) is 11.1. The number of halogens is 3. The van der Waals surface area contributed by atoms with Crippen molar-refractivity contribution < 1.29 is 57.8 Å². The molecule has 2 bridgehead atoms. The summed E-state index contributed by atoms with van der Waals surface area (Å²) in [6.07, 6.45) is -0.449. The number of ether oxygens (including phenoxy) is 7. The molecule has 2 aromatic carbocycles. The van der Waals surface area contributed by atoms with Gasteiger partial charge in [0.1, 0.15) is 50.4 Å². The number of aryl methyl sites for hydroxylation is 1. The quantitative estimate of drug-likeness (QED) is 0.0713. The van der Waals surface area contributed by atoms with Crippen molar-refractivity contribution in [2.45, 2.75) is 66.4 Å². The smallest absolute Gasteiger partial charge is 0.411 e. The van der Waals surface area contributed by atoms with Gasteiger partial charge < -0.3 is 48.7 Å². The third kappa shape index (κ3) is 7.73. The lowest BCUT2D eigenvalue weighted by Crippen LogP contribution is -2.71. The molecule has 16 nitrogen and oxygen atoms in total. The Bertz CT molecular complexity index is 2040. The number of nitriles is 1. The van der Waals surface area contributed by atoms with Crippen LogP contribution in [0.1, 0.15) is 51.6 Å². The van der Waals surface area contributed by atoms with E-state index in [9.17, 15) is 29.9 Å². The number of aromatic hydroxyl groups is 1. The van der Waals surface area contributed by atoms with Gasteiger partial charge >= 0.3 is 18.2 Å². The third-order valence-electron chi connectivity index (χ3n) is 10.4. The second-order valence-electron chi connectivity index (χ2n) is 13.8. The number of fused-ring (bicyclic) bond motifs is 9. The predicted molar refractivity (Wildman–Crippen MR) is 212 cm³/mol. The Hall–Kier alpha value is -4.44. The van der Waals surface area contributed by atoms with Gasteiger partial charge in [-0.25, -0.2) is 14.4 Å². The maximum atomic E-state index is 14.2. The highest BCUT2D eigenvalue weighted by Crippen LogP contribution is 2.61. The van der Waals surface area contributed by atoms with Crippen LogP contribution in [0.3, 0.4) is 0 Å². The zero-order chi connectivity index (χ0) is 42.2. The minimum Gasteiger partial charge on any atom is -0.507 e. The molecule has 0 aliphatic carbocycles. The summed E-state index contributed by atoms with van der Waals surface area (Å²) in [6.45, 7) is 9.39. The number of alkyl carbamates (subject to hydrolysis) is 1. The van der Waals surface area contributed by atoms with Crippen LogP contribution in [0.25, 0.3) is 0 Å². The molecule has 6 rings (SSSR count). The normalized spacial score (nSPS) is 23.2. The van der Waals surface area contributed by atoms with Crippen molar-refractivity contribution in [2.75, 3.05) is 46.1 Å². The molecule has 2 aromatic rings. The number of hydrogen-bond acceptors (Lipinski definition) is 15. The van der Waals surface area contributed by atoms with Gasteiger partial charge in [0, 0.05) is 28.0 Å². The van der Waals surface area contributed by atoms with Crippen molar-refractivity contribution in [3.05, 3.63) is 64.8 Å². The van der Waals surface area contributed by atoms with E-state index in [0.717, 1.165) is 11.1 Å². The number of benzene rings is 2. The second-order valence-corrected chi connectivity index (χ2v) is 16.6. The lowest BCUT2D eigenvalue weighted by atomic mass is 9.70. The molecule has 0 aromatic heterocycles. The van der Waals surface area contributed by atoms with Crippen molar-refractivity contribution in [1.82, 2.24) is 15.1 Å². The number of nitrogens with one attached hydrogen (secondary N) is 1. The summed E-state index contributed by atoms with van der Waals surface area (Å²) in [5.41, 5.74) is 2.34. The number of phenolic OH excluding ortho intramolecular Hbond substituents is 1. The molecule has 4 heterocycles. The number of carbonyl (C=O) groups excluding carboxylic acids is 3.